The Morgan fingerprint density at radius 2 is 2.08 bits per heavy atom. The van der Waals surface area contributed by atoms with Gasteiger partial charge in [0.15, 0.2) is 0 Å². The summed E-state index contributed by atoms with van der Waals surface area (Å²) < 4.78 is 0. The normalized spacial score (nSPS) is 19.9. The van der Waals surface area contributed by atoms with E-state index >= 15 is 0 Å². The van der Waals surface area contributed by atoms with E-state index in [-0.39, 0.29) is 51.4 Å². The molecule has 0 saturated heterocycles. The van der Waals surface area contributed by atoms with Gasteiger partial charge in [-0.3, -0.25) is 0 Å². The summed E-state index contributed by atoms with van der Waals surface area (Å²) in [5.41, 5.74) is 2.75. The van der Waals surface area contributed by atoms with E-state index < -0.39 is 0 Å². The van der Waals surface area contributed by atoms with Crippen LogP contribution in [0.4, 0.5) is 0 Å². The summed E-state index contributed by atoms with van der Waals surface area (Å²) in [6.07, 6.45) is 9.87. The second-order valence-electron chi connectivity index (χ2n) is 3.03. The summed E-state index contributed by atoms with van der Waals surface area (Å²) in [6.45, 7) is 3.22. The molecule has 12 heavy (non-hydrogen) atoms. The van der Waals surface area contributed by atoms with Gasteiger partial charge in [-0.25, -0.2) is 0 Å². The molecule has 0 amide bonds. The molecular formula is C10H12KN. The van der Waals surface area contributed by atoms with Crippen LogP contribution in [0.15, 0.2) is 35.6 Å². The van der Waals surface area contributed by atoms with Gasteiger partial charge in [0.2, 0.25) is 0 Å². The topological polar surface area (TPSA) is 12.0 Å². The Balaban J connectivity index is 0.000000720. The minimum absolute atomic E-state index is 0. The Hall–Kier alpha value is 0.526. The fraction of sp³-hybridized carbons (Fsp3) is 0.300. The summed E-state index contributed by atoms with van der Waals surface area (Å²) in [4.78, 5) is 0. The summed E-state index contributed by atoms with van der Waals surface area (Å²) in [5.74, 6) is 1.32. The van der Waals surface area contributed by atoms with Crippen molar-refractivity contribution < 1.29 is 51.4 Å². The van der Waals surface area contributed by atoms with E-state index in [4.69, 9.17) is 0 Å². The number of allylic oxidation sites excluding steroid dienone is 4. The van der Waals surface area contributed by atoms with Gasteiger partial charge in [-0.2, -0.15) is 24.1 Å². The minimum atomic E-state index is 0. The molecule has 0 atom stereocenters. The van der Waals surface area contributed by atoms with Crippen LogP contribution >= 0.6 is 0 Å². The zero-order chi connectivity index (χ0) is 7.68. The zero-order valence-corrected chi connectivity index (χ0v) is 10.8. The first-order chi connectivity index (χ1) is 5.36. The van der Waals surface area contributed by atoms with E-state index in [1.165, 1.54) is 23.6 Å². The number of hydrogen-bond acceptors (Lipinski definition) is 1. The van der Waals surface area contributed by atoms with Crippen LogP contribution < -0.4 is 56.7 Å². The van der Waals surface area contributed by atoms with Crippen molar-refractivity contribution in [1.29, 1.82) is 0 Å². The molecule has 0 bridgehead atoms. The third-order valence-corrected chi connectivity index (χ3v) is 2.12. The largest absolute Gasteiger partial charge is 1.00 e. The van der Waals surface area contributed by atoms with Crippen molar-refractivity contribution in [3.05, 3.63) is 41.5 Å². The molecule has 0 fully saturated rings. The molecule has 1 N–H and O–H groups in total. The minimum Gasteiger partial charge on any atom is -0.395 e. The molecule has 0 saturated carbocycles. The number of hydrogen-bond donors (Lipinski definition) is 1. The van der Waals surface area contributed by atoms with Crippen LogP contribution in [0.5, 0.6) is 0 Å². The SMILES string of the molecule is C[C-]1C=CC2=C(C=C1)NCC2.[K+]. The average Bonchev–Trinajstić information content (AvgIpc) is 2.38. The predicted molar refractivity (Wildman–Crippen MR) is 46.8 cm³/mol. The molecule has 2 rings (SSSR count). The summed E-state index contributed by atoms with van der Waals surface area (Å²) in [5, 5.41) is 3.35. The Morgan fingerprint density at radius 1 is 1.33 bits per heavy atom. The molecular weight excluding hydrogens is 173 g/mol. The van der Waals surface area contributed by atoms with Crippen LogP contribution in [0.25, 0.3) is 0 Å². The third kappa shape index (κ3) is 2.27. The molecule has 0 aromatic rings. The fourth-order valence-corrected chi connectivity index (χ4v) is 1.42. The van der Waals surface area contributed by atoms with Crippen LogP contribution in [-0.2, 0) is 0 Å². The zero-order valence-electron chi connectivity index (χ0n) is 7.72. The standard InChI is InChI=1S/C10H12N.K/c1-8-2-4-9-6-7-11-10(9)5-3-8;/h2-5,11H,6-7H2,1H3;/q-1;+1. The van der Waals surface area contributed by atoms with E-state index in [0.29, 0.717) is 0 Å². The van der Waals surface area contributed by atoms with Gasteiger partial charge in [0, 0.05) is 6.54 Å². The van der Waals surface area contributed by atoms with Crippen LogP contribution in [0.3, 0.4) is 0 Å². The van der Waals surface area contributed by atoms with E-state index in [1.807, 2.05) is 0 Å². The van der Waals surface area contributed by atoms with Crippen LogP contribution in [0, 0.1) is 5.92 Å². The molecule has 0 radical (unpaired) electrons. The molecule has 0 aromatic heterocycles. The first-order valence-corrected chi connectivity index (χ1v) is 4.03. The van der Waals surface area contributed by atoms with Gasteiger partial charge in [-0.1, -0.05) is 12.5 Å². The smallest absolute Gasteiger partial charge is 0.395 e. The third-order valence-electron chi connectivity index (χ3n) is 2.12. The monoisotopic (exact) mass is 185 g/mol. The molecule has 2 aliphatic rings. The molecule has 58 valence electrons. The van der Waals surface area contributed by atoms with Crippen LogP contribution in [0.2, 0.25) is 0 Å². The maximum absolute atomic E-state index is 3.35. The van der Waals surface area contributed by atoms with Gasteiger partial charge in [0.1, 0.15) is 0 Å². The Kier molecular flexibility index (Phi) is 4.13. The summed E-state index contributed by atoms with van der Waals surface area (Å²) in [6, 6.07) is 0. The average molecular weight is 185 g/mol. The quantitative estimate of drug-likeness (QED) is 0.375. The maximum atomic E-state index is 3.35. The van der Waals surface area contributed by atoms with Gasteiger partial charge >= 0.3 is 51.4 Å². The Bertz CT molecular complexity index is 227. The van der Waals surface area contributed by atoms with E-state index in [1.54, 1.807) is 0 Å². The second kappa shape index (κ2) is 4.68. The molecule has 0 aromatic carbocycles. The molecule has 0 unspecified atom stereocenters. The van der Waals surface area contributed by atoms with Crippen molar-refractivity contribution in [3.8, 4) is 0 Å². The van der Waals surface area contributed by atoms with Crippen molar-refractivity contribution in [3.63, 3.8) is 0 Å². The molecule has 1 aliphatic heterocycles. The van der Waals surface area contributed by atoms with Crippen LogP contribution in [0.1, 0.15) is 13.3 Å². The molecule has 1 aliphatic carbocycles. The van der Waals surface area contributed by atoms with Gasteiger partial charge in [-0.15, -0.1) is 6.08 Å². The summed E-state index contributed by atoms with van der Waals surface area (Å²) in [7, 11) is 0. The van der Waals surface area contributed by atoms with Gasteiger partial charge in [0.25, 0.3) is 0 Å². The van der Waals surface area contributed by atoms with Crippen LogP contribution in [-0.4, -0.2) is 6.54 Å². The van der Waals surface area contributed by atoms with Crippen molar-refractivity contribution >= 4 is 0 Å². The predicted octanol–water partition coefficient (Wildman–Crippen LogP) is -1.04. The van der Waals surface area contributed by atoms with Gasteiger partial charge < -0.3 is 5.32 Å². The molecule has 1 heterocycles. The maximum Gasteiger partial charge on any atom is 1.00 e. The molecule has 2 heteroatoms. The van der Waals surface area contributed by atoms with Gasteiger partial charge in [0.05, 0.1) is 0 Å². The number of rotatable bonds is 0. The van der Waals surface area contributed by atoms with Crippen molar-refractivity contribution in [2.75, 3.05) is 6.54 Å². The van der Waals surface area contributed by atoms with E-state index in [2.05, 4.69) is 36.5 Å². The van der Waals surface area contributed by atoms with E-state index in [0.717, 1.165) is 6.54 Å². The Morgan fingerprint density at radius 3 is 2.92 bits per heavy atom. The van der Waals surface area contributed by atoms with Crippen molar-refractivity contribution in [2.45, 2.75) is 13.3 Å². The Labute approximate surface area is 116 Å². The molecule has 0 spiro atoms. The molecule has 1 nitrogen and oxygen atoms in total. The second-order valence-corrected chi connectivity index (χ2v) is 3.03. The summed E-state index contributed by atoms with van der Waals surface area (Å²) >= 11 is 0. The van der Waals surface area contributed by atoms with Gasteiger partial charge in [-0.05, 0) is 12.1 Å². The van der Waals surface area contributed by atoms with Crippen molar-refractivity contribution in [2.24, 2.45) is 0 Å². The fourth-order valence-electron chi connectivity index (χ4n) is 1.42. The van der Waals surface area contributed by atoms with Crippen molar-refractivity contribution in [1.82, 2.24) is 5.32 Å². The van der Waals surface area contributed by atoms with E-state index in [9.17, 15) is 0 Å². The first-order valence-electron chi connectivity index (χ1n) is 4.03. The number of nitrogens with one attached hydrogen (secondary N) is 1. The first kappa shape index (κ1) is 10.6.